The fraction of sp³-hybridized carbons (Fsp3) is 0.241. The molecule has 8 nitrogen and oxygen atoms in total. The van der Waals surface area contributed by atoms with Crippen molar-refractivity contribution in [2.75, 3.05) is 0 Å². The quantitative estimate of drug-likeness (QED) is 0.287. The van der Waals surface area contributed by atoms with Gasteiger partial charge in [0, 0.05) is 41.2 Å². The molecule has 0 bridgehead atoms. The number of nitrogens with zero attached hydrogens (tertiary/aromatic N) is 4. The molecule has 1 fully saturated rings. The molecule has 1 aliphatic carbocycles. The molecular formula is C29H27N5O3S. The number of hydrogen-bond acceptors (Lipinski definition) is 7. The molecule has 6 rings (SSSR count). The number of aromatic nitrogens is 4. The van der Waals surface area contributed by atoms with Crippen LogP contribution in [0.4, 0.5) is 0 Å². The van der Waals surface area contributed by atoms with Gasteiger partial charge in [-0.25, -0.2) is 9.97 Å². The lowest BCUT2D eigenvalue weighted by Gasteiger charge is -2.22. The zero-order valence-electron chi connectivity index (χ0n) is 21.1. The topological polar surface area (TPSA) is 102 Å². The summed E-state index contributed by atoms with van der Waals surface area (Å²) in [5.74, 6) is -0.145. The summed E-state index contributed by atoms with van der Waals surface area (Å²) < 4.78 is 7.53. The Hall–Kier alpha value is -4.08. The smallest absolute Gasteiger partial charge is 0.252 e. The number of fused-ring (bicyclic) bond motifs is 1. The van der Waals surface area contributed by atoms with Gasteiger partial charge in [0.1, 0.15) is 0 Å². The highest BCUT2D eigenvalue weighted by molar-refractivity contribution is 7.07. The van der Waals surface area contributed by atoms with Crippen LogP contribution in [0.3, 0.4) is 0 Å². The first-order valence-corrected chi connectivity index (χ1v) is 13.3. The number of hydrogen-bond donors (Lipinski definition) is 2. The van der Waals surface area contributed by atoms with Gasteiger partial charge < -0.3 is 15.2 Å². The standard InChI is InChI=1S/C29H27N5O3S/c1-18-9-19(14-37-15-22-16-38-17-30-22)3-4-23(18)28(36)33-29(7-8-29)25-10-20(21-12-31-34(2)13-21)11-26-24(25)5-6-27(35)32-26/h3-6,9-13,16-17H,7-8,14-15H2,1-2H3,(H,32,35)(H,33,36). The minimum Gasteiger partial charge on any atom is -0.493 e. The molecule has 5 aromatic rings. The second kappa shape index (κ2) is 9.66. The molecule has 0 atom stereocenters. The highest BCUT2D eigenvalue weighted by atomic mass is 32.1. The molecule has 3 heterocycles. The van der Waals surface area contributed by atoms with Gasteiger partial charge in [-0.3, -0.25) is 9.48 Å². The minimum atomic E-state index is -0.492. The molecule has 0 saturated heterocycles. The molecule has 1 aliphatic rings. The highest BCUT2D eigenvalue weighted by Gasteiger charge is 2.47. The van der Waals surface area contributed by atoms with Crippen molar-refractivity contribution in [2.45, 2.75) is 38.5 Å². The van der Waals surface area contributed by atoms with Crippen LogP contribution in [0.5, 0.6) is 5.88 Å². The highest BCUT2D eigenvalue weighted by Crippen LogP contribution is 2.49. The molecule has 38 heavy (non-hydrogen) atoms. The van der Waals surface area contributed by atoms with E-state index in [9.17, 15) is 9.90 Å². The molecule has 1 saturated carbocycles. The summed E-state index contributed by atoms with van der Waals surface area (Å²) in [5, 5.41) is 20.6. The number of carbonyl (C=O) groups is 1. The van der Waals surface area contributed by atoms with Gasteiger partial charge in [-0.2, -0.15) is 5.10 Å². The Kier molecular flexibility index (Phi) is 6.17. The van der Waals surface area contributed by atoms with Crippen LogP contribution in [0.25, 0.3) is 22.0 Å². The maximum Gasteiger partial charge on any atom is 0.252 e. The predicted octanol–water partition coefficient (Wildman–Crippen LogP) is 5.24. The van der Waals surface area contributed by atoms with Crippen molar-refractivity contribution in [1.82, 2.24) is 25.1 Å². The third-order valence-corrected chi connectivity index (χ3v) is 7.62. The zero-order valence-corrected chi connectivity index (χ0v) is 22.0. The Bertz CT molecular complexity index is 1640. The second-order valence-electron chi connectivity index (χ2n) is 9.82. The maximum atomic E-state index is 13.5. The number of pyridine rings is 1. The van der Waals surface area contributed by atoms with Crippen molar-refractivity contribution >= 4 is 28.1 Å². The van der Waals surface area contributed by atoms with Crippen molar-refractivity contribution in [2.24, 2.45) is 7.05 Å². The van der Waals surface area contributed by atoms with Crippen LogP contribution in [0.2, 0.25) is 0 Å². The Morgan fingerprint density at radius 1 is 1.16 bits per heavy atom. The zero-order chi connectivity index (χ0) is 26.3. The van der Waals surface area contributed by atoms with Crippen molar-refractivity contribution in [3.05, 3.63) is 93.7 Å². The molecule has 0 unspecified atom stereocenters. The Balaban J connectivity index is 1.26. The Morgan fingerprint density at radius 2 is 2.03 bits per heavy atom. The first-order chi connectivity index (χ1) is 18.4. The van der Waals surface area contributed by atoms with E-state index in [1.165, 1.54) is 0 Å². The van der Waals surface area contributed by atoms with Crippen LogP contribution in [-0.2, 0) is 30.5 Å². The lowest BCUT2D eigenvalue weighted by Crippen LogP contribution is -2.35. The van der Waals surface area contributed by atoms with E-state index in [1.54, 1.807) is 33.8 Å². The molecule has 0 aliphatic heterocycles. The van der Waals surface area contributed by atoms with E-state index >= 15 is 0 Å². The largest absolute Gasteiger partial charge is 0.493 e. The lowest BCUT2D eigenvalue weighted by atomic mass is 9.94. The minimum absolute atomic E-state index is 0.0352. The maximum absolute atomic E-state index is 13.5. The molecule has 2 N–H and O–H groups in total. The summed E-state index contributed by atoms with van der Waals surface area (Å²) in [6.45, 7) is 2.87. The molecule has 0 spiro atoms. The van der Waals surface area contributed by atoms with Gasteiger partial charge in [0.2, 0.25) is 5.88 Å². The van der Waals surface area contributed by atoms with Crippen molar-refractivity contribution in [3.8, 4) is 17.0 Å². The SMILES string of the molecule is Cc1cc(COCc2cscn2)ccc1C(=O)NC1(c2cc(-c3cnn(C)c3)cc3nc(O)ccc23)CC1. The summed E-state index contributed by atoms with van der Waals surface area (Å²) in [5.41, 5.74) is 8.34. The first-order valence-electron chi connectivity index (χ1n) is 12.4. The van der Waals surface area contributed by atoms with Crippen molar-refractivity contribution in [3.63, 3.8) is 0 Å². The number of aryl methyl sites for hydroxylation is 2. The fourth-order valence-corrected chi connectivity index (χ4v) is 5.42. The number of thiazole rings is 1. The third-order valence-electron chi connectivity index (χ3n) is 6.99. The van der Waals surface area contributed by atoms with Crippen molar-refractivity contribution < 1.29 is 14.6 Å². The monoisotopic (exact) mass is 525 g/mol. The average molecular weight is 526 g/mol. The number of ether oxygens (including phenoxy) is 1. The molecule has 2 aromatic carbocycles. The van der Waals surface area contributed by atoms with Gasteiger partial charge in [0.25, 0.3) is 5.91 Å². The molecule has 192 valence electrons. The molecule has 9 heteroatoms. The van der Waals surface area contributed by atoms with E-state index < -0.39 is 5.54 Å². The number of amides is 1. The van der Waals surface area contributed by atoms with Crippen molar-refractivity contribution in [1.29, 1.82) is 0 Å². The van der Waals surface area contributed by atoms with Gasteiger partial charge in [-0.05, 0) is 66.3 Å². The average Bonchev–Trinajstić information content (AvgIpc) is 3.25. The first kappa shape index (κ1) is 24.3. The van der Waals surface area contributed by atoms with Crippen LogP contribution >= 0.6 is 11.3 Å². The summed E-state index contributed by atoms with van der Waals surface area (Å²) in [6.07, 6.45) is 5.40. The summed E-state index contributed by atoms with van der Waals surface area (Å²) in [7, 11) is 1.87. The van der Waals surface area contributed by atoms with E-state index in [0.29, 0.717) is 24.3 Å². The Morgan fingerprint density at radius 3 is 2.74 bits per heavy atom. The van der Waals surface area contributed by atoms with E-state index in [-0.39, 0.29) is 11.8 Å². The summed E-state index contributed by atoms with van der Waals surface area (Å²) in [6, 6.07) is 13.3. The van der Waals surface area contributed by atoms with Gasteiger partial charge >= 0.3 is 0 Å². The number of benzene rings is 2. The predicted molar refractivity (Wildman–Crippen MR) is 146 cm³/mol. The molecule has 3 aromatic heterocycles. The van der Waals surface area contributed by atoms with E-state index in [1.807, 2.05) is 55.9 Å². The van der Waals surface area contributed by atoms with E-state index in [4.69, 9.17) is 4.74 Å². The molecule has 0 radical (unpaired) electrons. The van der Waals surface area contributed by atoms with Gasteiger partial charge in [-0.1, -0.05) is 12.1 Å². The molecule has 1 amide bonds. The number of carbonyl (C=O) groups excluding carboxylic acids is 1. The third kappa shape index (κ3) is 4.78. The van der Waals surface area contributed by atoms with Gasteiger partial charge in [-0.15, -0.1) is 11.3 Å². The lowest BCUT2D eigenvalue weighted by molar-refractivity contribution is 0.0929. The second-order valence-corrected chi connectivity index (χ2v) is 10.5. The number of nitrogens with one attached hydrogen (secondary N) is 1. The molecular weight excluding hydrogens is 498 g/mol. The van der Waals surface area contributed by atoms with Crippen LogP contribution in [0, 0.1) is 6.92 Å². The van der Waals surface area contributed by atoms with E-state index in [0.717, 1.165) is 51.7 Å². The normalized spacial score (nSPS) is 14.1. The van der Waals surface area contributed by atoms with Gasteiger partial charge in [0.05, 0.1) is 41.7 Å². The summed E-state index contributed by atoms with van der Waals surface area (Å²) >= 11 is 1.55. The summed E-state index contributed by atoms with van der Waals surface area (Å²) in [4.78, 5) is 22.1. The van der Waals surface area contributed by atoms with Crippen LogP contribution in [0.15, 0.2) is 65.7 Å². The van der Waals surface area contributed by atoms with Crippen LogP contribution < -0.4 is 5.32 Å². The van der Waals surface area contributed by atoms with E-state index in [2.05, 4.69) is 26.4 Å². The van der Waals surface area contributed by atoms with Crippen LogP contribution in [0.1, 0.15) is 45.6 Å². The number of aromatic hydroxyl groups is 1. The van der Waals surface area contributed by atoms with Crippen LogP contribution in [-0.4, -0.2) is 30.8 Å². The Labute approximate surface area is 224 Å². The number of rotatable bonds is 8. The fourth-order valence-electron chi connectivity index (χ4n) is 4.88. The van der Waals surface area contributed by atoms with Gasteiger partial charge in [0.15, 0.2) is 0 Å².